The van der Waals surface area contributed by atoms with E-state index < -0.39 is 0 Å². The van der Waals surface area contributed by atoms with Crippen molar-refractivity contribution >= 4 is 38.8 Å². The van der Waals surface area contributed by atoms with Gasteiger partial charge in [-0.25, -0.2) is 4.98 Å². The predicted octanol–water partition coefficient (Wildman–Crippen LogP) is 4.90. The zero-order valence-corrected chi connectivity index (χ0v) is 17.2. The number of aryl methyl sites for hydroxylation is 4. The minimum atomic E-state index is -0.254. The zero-order valence-electron chi connectivity index (χ0n) is 15.6. The lowest BCUT2D eigenvalue weighted by Gasteiger charge is -2.10. The van der Waals surface area contributed by atoms with Gasteiger partial charge in [0, 0.05) is 24.9 Å². The maximum Gasteiger partial charge on any atom is 0.262 e. The first kappa shape index (κ1) is 18.4. The molecule has 1 amide bonds. The number of fused-ring (bicyclic) bond motifs is 1. The van der Waals surface area contributed by atoms with Crippen LogP contribution in [-0.4, -0.2) is 20.4 Å². The van der Waals surface area contributed by atoms with Crippen molar-refractivity contribution in [1.82, 2.24) is 14.5 Å². The molecule has 7 heteroatoms. The minimum absolute atomic E-state index is 0.254. The van der Waals surface area contributed by atoms with Crippen molar-refractivity contribution in [1.29, 1.82) is 0 Å². The summed E-state index contributed by atoms with van der Waals surface area (Å²) in [6, 6.07) is 13.7. The van der Waals surface area contributed by atoms with Gasteiger partial charge in [0.1, 0.15) is 11.5 Å². The average Bonchev–Trinajstić information content (AvgIpc) is 3.16. The Morgan fingerprint density at radius 2 is 1.93 bits per heavy atom. The summed E-state index contributed by atoms with van der Waals surface area (Å²) in [5, 5.41) is 2.95. The molecule has 1 N–H and O–H groups in total. The second kappa shape index (κ2) is 7.59. The van der Waals surface area contributed by atoms with Gasteiger partial charge >= 0.3 is 0 Å². The predicted molar refractivity (Wildman–Crippen MR) is 112 cm³/mol. The molecule has 28 heavy (non-hydrogen) atoms. The van der Waals surface area contributed by atoms with Crippen molar-refractivity contribution in [2.45, 2.75) is 26.8 Å². The number of hydrogen-bond acceptors (Lipinski definition) is 4. The Kier molecular flexibility index (Phi) is 5.00. The number of nitrogens with one attached hydrogen (secondary N) is 1. The highest BCUT2D eigenvalue weighted by molar-refractivity contribution is 9.10. The van der Waals surface area contributed by atoms with Gasteiger partial charge in [0.2, 0.25) is 5.95 Å². The van der Waals surface area contributed by atoms with Gasteiger partial charge in [-0.05, 0) is 54.0 Å². The molecule has 4 rings (SSSR count). The van der Waals surface area contributed by atoms with Gasteiger partial charge in [-0.1, -0.05) is 18.2 Å². The van der Waals surface area contributed by atoms with Gasteiger partial charge in [0.15, 0.2) is 0 Å². The van der Waals surface area contributed by atoms with Crippen LogP contribution in [0.25, 0.3) is 11.0 Å². The van der Waals surface area contributed by atoms with Gasteiger partial charge in [-0.15, -0.1) is 0 Å². The number of benzene rings is 1. The van der Waals surface area contributed by atoms with Crippen LogP contribution < -0.4 is 5.32 Å². The van der Waals surface area contributed by atoms with E-state index in [1.807, 2.05) is 54.0 Å². The van der Waals surface area contributed by atoms with E-state index in [4.69, 9.17) is 4.42 Å². The van der Waals surface area contributed by atoms with Crippen LogP contribution in [-0.2, 0) is 13.0 Å². The molecule has 0 radical (unpaired) electrons. The van der Waals surface area contributed by atoms with Crippen LogP contribution >= 0.6 is 15.9 Å². The fourth-order valence-electron chi connectivity index (χ4n) is 3.25. The van der Waals surface area contributed by atoms with Gasteiger partial charge in [0.05, 0.1) is 21.1 Å². The molecule has 6 nitrogen and oxygen atoms in total. The van der Waals surface area contributed by atoms with Gasteiger partial charge < -0.3 is 8.98 Å². The molecular weight excluding hydrogens is 420 g/mol. The summed E-state index contributed by atoms with van der Waals surface area (Å²) in [5.41, 5.74) is 3.27. The number of halogens is 1. The Labute approximate surface area is 170 Å². The Balaban J connectivity index is 1.67. The second-order valence-electron chi connectivity index (χ2n) is 6.50. The summed E-state index contributed by atoms with van der Waals surface area (Å²) >= 11 is 3.44. The van der Waals surface area contributed by atoms with Crippen LogP contribution in [0.4, 0.5) is 5.95 Å². The minimum Gasteiger partial charge on any atom is -0.465 e. The van der Waals surface area contributed by atoms with Crippen LogP contribution in [0.1, 0.15) is 27.6 Å². The lowest BCUT2D eigenvalue weighted by atomic mass is 10.2. The van der Waals surface area contributed by atoms with Crippen molar-refractivity contribution in [3.63, 3.8) is 0 Å². The standard InChI is InChI=1S/C21H19BrN4O2/c1-13-18(19(22)14(2)28-13)20(27)25-21-24-16-8-3-4-9-17(16)26(21)12-10-15-7-5-6-11-23-15/h3-9,11H,10,12H2,1-2H3,(H,24,25,27). The Hall–Kier alpha value is -2.93. The third kappa shape index (κ3) is 3.45. The van der Waals surface area contributed by atoms with E-state index in [-0.39, 0.29) is 5.91 Å². The first-order valence-corrected chi connectivity index (χ1v) is 9.76. The fourth-order valence-corrected chi connectivity index (χ4v) is 3.79. The maximum atomic E-state index is 12.9. The third-order valence-corrected chi connectivity index (χ3v) is 5.57. The summed E-state index contributed by atoms with van der Waals surface area (Å²) in [4.78, 5) is 21.9. The number of para-hydroxylation sites is 2. The smallest absolute Gasteiger partial charge is 0.262 e. The van der Waals surface area contributed by atoms with Crippen molar-refractivity contribution in [2.24, 2.45) is 0 Å². The van der Waals surface area contributed by atoms with Gasteiger partial charge in [0.25, 0.3) is 5.91 Å². The van der Waals surface area contributed by atoms with Crippen LogP contribution in [0, 0.1) is 13.8 Å². The number of pyridine rings is 1. The van der Waals surface area contributed by atoms with Crippen molar-refractivity contribution in [2.75, 3.05) is 5.32 Å². The second-order valence-corrected chi connectivity index (χ2v) is 7.30. The number of rotatable bonds is 5. The number of anilines is 1. The van der Waals surface area contributed by atoms with Crippen molar-refractivity contribution < 1.29 is 9.21 Å². The quantitative estimate of drug-likeness (QED) is 0.480. The summed E-state index contributed by atoms with van der Waals surface area (Å²) < 4.78 is 8.23. The van der Waals surface area contributed by atoms with E-state index in [1.54, 1.807) is 13.1 Å². The van der Waals surface area contributed by atoms with Crippen molar-refractivity contribution in [3.8, 4) is 0 Å². The molecule has 142 valence electrons. The fraction of sp³-hybridized carbons (Fsp3) is 0.190. The lowest BCUT2D eigenvalue weighted by molar-refractivity contribution is 0.102. The van der Waals surface area contributed by atoms with E-state index >= 15 is 0 Å². The summed E-state index contributed by atoms with van der Waals surface area (Å²) in [6.07, 6.45) is 2.52. The highest BCUT2D eigenvalue weighted by Crippen LogP contribution is 2.28. The normalized spacial score (nSPS) is 11.1. The van der Waals surface area contributed by atoms with E-state index in [0.717, 1.165) is 23.1 Å². The van der Waals surface area contributed by atoms with E-state index in [1.165, 1.54) is 0 Å². The van der Waals surface area contributed by atoms with Crippen LogP contribution in [0.15, 0.2) is 57.6 Å². The van der Waals surface area contributed by atoms with Gasteiger partial charge in [-0.2, -0.15) is 0 Å². The molecule has 0 aliphatic rings. The average molecular weight is 439 g/mol. The number of hydrogen-bond donors (Lipinski definition) is 1. The molecule has 0 unspecified atom stereocenters. The summed E-state index contributed by atoms with van der Waals surface area (Å²) in [6.45, 7) is 4.24. The van der Waals surface area contributed by atoms with Crippen LogP contribution in [0.2, 0.25) is 0 Å². The lowest BCUT2D eigenvalue weighted by Crippen LogP contribution is -2.17. The van der Waals surface area contributed by atoms with Crippen LogP contribution in [0.5, 0.6) is 0 Å². The van der Waals surface area contributed by atoms with Crippen LogP contribution in [0.3, 0.4) is 0 Å². The summed E-state index contributed by atoms with van der Waals surface area (Å²) in [7, 11) is 0. The number of amides is 1. The molecule has 0 saturated carbocycles. The number of furan rings is 1. The number of imidazole rings is 1. The van der Waals surface area contributed by atoms with E-state index in [2.05, 4.69) is 31.2 Å². The molecule has 0 saturated heterocycles. The van der Waals surface area contributed by atoms with Gasteiger partial charge in [-0.3, -0.25) is 15.1 Å². The highest BCUT2D eigenvalue weighted by Gasteiger charge is 2.22. The number of carbonyl (C=O) groups is 1. The first-order chi connectivity index (χ1) is 13.5. The molecule has 0 aliphatic heterocycles. The monoisotopic (exact) mass is 438 g/mol. The number of carbonyl (C=O) groups excluding carboxylic acids is 1. The molecule has 4 aromatic rings. The summed E-state index contributed by atoms with van der Waals surface area (Å²) in [5.74, 6) is 1.49. The maximum absolute atomic E-state index is 12.9. The molecule has 0 spiro atoms. The molecular formula is C21H19BrN4O2. The zero-order chi connectivity index (χ0) is 19.7. The largest absolute Gasteiger partial charge is 0.465 e. The number of aromatic nitrogens is 3. The van der Waals surface area contributed by atoms with E-state index in [0.29, 0.717) is 34.0 Å². The Morgan fingerprint density at radius 1 is 1.14 bits per heavy atom. The molecule has 1 aromatic carbocycles. The molecule has 0 fully saturated rings. The molecule has 3 aromatic heterocycles. The Morgan fingerprint density at radius 3 is 2.64 bits per heavy atom. The Bertz CT molecular complexity index is 1150. The molecule has 0 aliphatic carbocycles. The third-order valence-electron chi connectivity index (χ3n) is 4.61. The van der Waals surface area contributed by atoms with E-state index in [9.17, 15) is 4.79 Å². The SMILES string of the molecule is Cc1oc(C)c(C(=O)Nc2nc3ccccc3n2CCc2ccccn2)c1Br. The van der Waals surface area contributed by atoms with Crippen molar-refractivity contribution in [3.05, 3.63) is 75.9 Å². The number of nitrogens with zero attached hydrogens (tertiary/aromatic N) is 3. The highest BCUT2D eigenvalue weighted by atomic mass is 79.9. The molecule has 0 atom stereocenters. The first-order valence-electron chi connectivity index (χ1n) is 8.96. The molecule has 3 heterocycles. The molecule has 0 bridgehead atoms. The topological polar surface area (TPSA) is 73.0 Å².